The number of hydrogen-bond acceptors (Lipinski definition) is 4. The maximum absolute atomic E-state index is 12.4. The van der Waals surface area contributed by atoms with Gasteiger partial charge in [-0.15, -0.1) is 0 Å². The van der Waals surface area contributed by atoms with E-state index in [2.05, 4.69) is 25.5 Å². The number of aromatic amines is 2. The van der Waals surface area contributed by atoms with Crippen molar-refractivity contribution in [3.63, 3.8) is 0 Å². The first kappa shape index (κ1) is 21.8. The van der Waals surface area contributed by atoms with Gasteiger partial charge in [0.15, 0.2) is 5.88 Å². The molecule has 0 fully saturated rings. The summed E-state index contributed by atoms with van der Waals surface area (Å²) in [4.78, 5) is 19.7. The molecular weight excluding hydrogens is 414 g/mol. The van der Waals surface area contributed by atoms with Gasteiger partial charge in [0, 0.05) is 34.4 Å². The molecule has 2 aromatic carbocycles. The molecule has 0 unspecified atom stereocenters. The summed E-state index contributed by atoms with van der Waals surface area (Å²) >= 11 is 0. The molecule has 0 radical (unpaired) electrons. The lowest BCUT2D eigenvalue weighted by Gasteiger charge is -2.08. The number of aromatic nitrogens is 3. The molecule has 4 aromatic rings. The summed E-state index contributed by atoms with van der Waals surface area (Å²) in [5.41, 5.74) is 4.97. The predicted molar refractivity (Wildman–Crippen MR) is 132 cm³/mol. The highest BCUT2D eigenvalue weighted by Gasteiger charge is 2.11. The minimum absolute atomic E-state index is 0.0662. The van der Waals surface area contributed by atoms with Crippen molar-refractivity contribution < 1.29 is 9.90 Å². The molecule has 0 saturated carbocycles. The van der Waals surface area contributed by atoms with Gasteiger partial charge in [-0.05, 0) is 55.7 Å². The van der Waals surface area contributed by atoms with E-state index in [9.17, 15) is 9.90 Å². The molecule has 2 aromatic heterocycles. The van der Waals surface area contributed by atoms with Gasteiger partial charge in [-0.25, -0.2) is 4.99 Å². The Kier molecular flexibility index (Phi) is 6.50. The number of anilines is 1. The lowest BCUT2D eigenvalue weighted by atomic mass is 10.0. The molecule has 166 valence electrons. The Hall–Kier alpha value is -4.39. The number of nitrogens with one attached hydrogen (secondary N) is 3. The SMILES string of the molecule is C/C=C\C=C(/C)C(=O)Nc1cccc(Cc2ccc3[nH]c(O)c(C=Nc4ccn[nH]4)c3c2)c1. The van der Waals surface area contributed by atoms with Crippen molar-refractivity contribution in [3.05, 3.63) is 95.2 Å². The zero-order valence-electron chi connectivity index (χ0n) is 18.5. The summed E-state index contributed by atoms with van der Waals surface area (Å²) in [7, 11) is 0. The standard InChI is InChI=1S/C26H25N5O2/c1-3-4-6-17(2)25(32)29-20-8-5-7-18(14-20)13-19-9-10-23-21(15-19)22(26(33)30-23)16-27-24-11-12-28-31-24/h3-12,14-16,30,33H,13H2,1-2H3,(H,28,31)(H,29,32)/b4-3-,17-6+,27-16?. The Morgan fingerprint density at radius 2 is 2.03 bits per heavy atom. The Morgan fingerprint density at radius 3 is 2.82 bits per heavy atom. The molecular formula is C26H25N5O2. The van der Waals surface area contributed by atoms with E-state index < -0.39 is 0 Å². The number of allylic oxidation sites excluding steroid dienone is 3. The Morgan fingerprint density at radius 1 is 1.18 bits per heavy atom. The average molecular weight is 440 g/mol. The van der Waals surface area contributed by atoms with Crippen molar-refractivity contribution in [2.24, 2.45) is 4.99 Å². The van der Waals surface area contributed by atoms with Gasteiger partial charge >= 0.3 is 0 Å². The van der Waals surface area contributed by atoms with Gasteiger partial charge in [-0.2, -0.15) is 5.10 Å². The van der Waals surface area contributed by atoms with Gasteiger partial charge < -0.3 is 15.4 Å². The molecule has 0 aliphatic carbocycles. The molecule has 0 aliphatic heterocycles. The summed E-state index contributed by atoms with van der Waals surface area (Å²) in [6.45, 7) is 3.69. The van der Waals surface area contributed by atoms with Gasteiger partial charge in [0.1, 0.15) is 5.82 Å². The lowest BCUT2D eigenvalue weighted by molar-refractivity contribution is -0.112. The number of carbonyl (C=O) groups is 1. The van der Waals surface area contributed by atoms with E-state index in [-0.39, 0.29) is 11.8 Å². The minimum Gasteiger partial charge on any atom is -0.494 e. The lowest BCUT2D eigenvalue weighted by Crippen LogP contribution is -2.12. The van der Waals surface area contributed by atoms with E-state index in [1.165, 1.54) is 0 Å². The van der Waals surface area contributed by atoms with Crippen LogP contribution in [-0.4, -0.2) is 32.4 Å². The number of hydrogen-bond donors (Lipinski definition) is 4. The van der Waals surface area contributed by atoms with Crippen molar-refractivity contribution in [3.8, 4) is 5.88 Å². The number of benzene rings is 2. The summed E-state index contributed by atoms with van der Waals surface area (Å²) in [5, 5.41) is 20.8. The second-order valence-corrected chi connectivity index (χ2v) is 7.67. The highest BCUT2D eigenvalue weighted by Crippen LogP contribution is 2.28. The summed E-state index contributed by atoms with van der Waals surface area (Å²) in [6, 6.07) is 15.5. The van der Waals surface area contributed by atoms with Crippen LogP contribution >= 0.6 is 0 Å². The zero-order chi connectivity index (χ0) is 23.2. The number of rotatable bonds is 7. The predicted octanol–water partition coefficient (Wildman–Crippen LogP) is 5.40. The molecule has 0 atom stereocenters. The topological polar surface area (TPSA) is 106 Å². The van der Waals surface area contributed by atoms with Crippen molar-refractivity contribution in [1.82, 2.24) is 15.2 Å². The monoisotopic (exact) mass is 439 g/mol. The maximum Gasteiger partial charge on any atom is 0.251 e. The van der Waals surface area contributed by atoms with Crippen molar-refractivity contribution in [2.75, 3.05) is 5.32 Å². The first-order valence-corrected chi connectivity index (χ1v) is 10.6. The number of aliphatic imine (C=N–C) groups is 1. The number of carbonyl (C=O) groups excluding carboxylic acids is 1. The highest BCUT2D eigenvalue weighted by molar-refractivity contribution is 6.04. The van der Waals surface area contributed by atoms with E-state index in [1.54, 1.807) is 31.5 Å². The zero-order valence-corrected chi connectivity index (χ0v) is 18.5. The fraction of sp³-hybridized carbons (Fsp3) is 0.115. The van der Waals surface area contributed by atoms with E-state index >= 15 is 0 Å². The van der Waals surface area contributed by atoms with Crippen LogP contribution in [0.5, 0.6) is 5.88 Å². The summed E-state index contributed by atoms with van der Waals surface area (Å²) in [6.07, 6.45) is 9.42. The van der Waals surface area contributed by atoms with Crippen LogP contribution in [-0.2, 0) is 11.2 Å². The first-order chi connectivity index (χ1) is 16.0. The Balaban J connectivity index is 1.55. The number of aromatic hydroxyl groups is 1. The molecule has 4 rings (SSSR count). The van der Waals surface area contributed by atoms with E-state index in [1.807, 2.05) is 61.5 Å². The normalized spacial score (nSPS) is 12.2. The number of amides is 1. The van der Waals surface area contributed by atoms with Crippen LogP contribution in [0.15, 0.2) is 83.5 Å². The minimum atomic E-state index is -0.129. The number of nitrogens with zero attached hydrogens (tertiary/aromatic N) is 2. The van der Waals surface area contributed by atoms with Crippen LogP contribution in [0, 0.1) is 0 Å². The number of fused-ring (bicyclic) bond motifs is 1. The second kappa shape index (κ2) is 9.82. The third-order valence-electron chi connectivity index (χ3n) is 5.19. The largest absolute Gasteiger partial charge is 0.494 e. The van der Waals surface area contributed by atoms with E-state index in [0.29, 0.717) is 23.4 Å². The van der Waals surface area contributed by atoms with Gasteiger partial charge in [0.2, 0.25) is 0 Å². The molecule has 33 heavy (non-hydrogen) atoms. The molecule has 0 spiro atoms. The molecule has 0 saturated heterocycles. The van der Waals surface area contributed by atoms with Crippen molar-refractivity contribution in [2.45, 2.75) is 20.3 Å². The molecule has 0 bridgehead atoms. The smallest absolute Gasteiger partial charge is 0.251 e. The third-order valence-corrected chi connectivity index (χ3v) is 5.19. The van der Waals surface area contributed by atoms with Crippen molar-refractivity contribution in [1.29, 1.82) is 0 Å². The van der Waals surface area contributed by atoms with E-state index in [4.69, 9.17) is 0 Å². The van der Waals surface area contributed by atoms with Crippen LogP contribution < -0.4 is 5.32 Å². The molecule has 2 heterocycles. The van der Waals surface area contributed by atoms with Crippen LogP contribution in [0.2, 0.25) is 0 Å². The van der Waals surface area contributed by atoms with Crippen LogP contribution in [0.1, 0.15) is 30.5 Å². The number of H-pyrrole nitrogens is 2. The van der Waals surface area contributed by atoms with Crippen LogP contribution in [0.25, 0.3) is 10.9 Å². The van der Waals surface area contributed by atoms with E-state index in [0.717, 1.165) is 27.7 Å². The molecule has 1 amide bonds. The highest BCUT2D eigenvalue weighted by atomic mass is 16.3. The molecule has 7 nitrogen and oxygen atoms in total. The van der Waals surface area contributed by atoms with Gasteiger partial charge in [0.25, 0.3) is 5.91 Å². The van der Waals surface area contributed by atoms with Crippen molar-refractivity contribution >= 4 is 34.5 Å². The maximum atomic E-state index is 12.4. The summed E-state index contributed by atoms with van der Waals surface area (Å²) < 4.78 is 0. The fourth-order valence-electron chi connectivity index (χ4n) is 3.48. The molecule has 0 aliphatic rings. The quantitative estimate of drug-likeness (QED) is 0.176. The first-order valence-electron chi connectivity index (χ1n) is 10.6. The van der Waals surface area contributed by atoms with Gasteiger partial charge in [0.05, 0.1) is 11.8 Å². The van der Waals surface area contributed by atoms with Gasteiger partial charge in [-0.1, -0.05) is 36.4 Å². The Labute approximate surface area is 191 Å². The Bertz CT molecular complexity index is 1360. The molecule has 4 N–H and O–H groups in total. The van der Waals surface area contributed by atoms with Gasteiger partial charge in [-0.3, -0.25) is 9.89 Å². The second-order valence-electron chi connectivity index (χ2n) is 7.67. The summed E-state index contributed by atoms with van der Waals surface area (Å²) in [5.74, 6) is 0.543. The van der Waals surface area contributed by atoms with Crippen LogP contribution in [0.4, 0.5) is 11.5 Å². The molecule has 7 heteroatoms. The average Bonchev–Trinajstić information content (AvgIpc) is 3.43. The fourth-order valence-corrected chi connectivity index (χ4v) is 3.48. The third kappa shape index (κ3) is 5.27. The van der Waals surface area contributed by atoms with Crippen LogP contribution in [0.3, 0.4) is 0 Å².